The van der Waals surface area contributed by atoms with Crippen LogP contribution < -0.4 is 0 Å². The lowest BCUT2D eigenvalue weighted by molar-refractivity contribution is -0.220. The molecule has 8 rings (SSSR count). The van der Waals surface area contributed by atoms with Crippen LogP contribution in [0.2, 0.25) is 10.0 Å². The maximum atomic E-state index is 15.2. The van der Waals surface area contributed by atoms with Crippen LogP contribution in [-0.4, -0.2) is 23.3 Å². The highest BCUT2D eigenvalue weighted by Gasteiger charge is 2.77. The van der Waals surface area contributed by atoms with E-state index < -0.39 is 46.3 Å². The smallest absolute Gasteiger partial charge is 0.319 e. The molecule has 0 amide bonds. The largest absolute Gasteiger partial charge is 0.453 e. The fraction of sp³-hybridized carbons (Fsp3) is 0.150. The molecule has 0 N–H and O–H groups in total. The van der Waals surface area contributed by atoms with Gasteiger partial charge in [-0.25, -0.2) is 0 Å². The summed E-state index contributed by atoms with van der Waals surface area (Å²) in [5.74, 6) is -5.94. The van der Waals surface area contributed by atoms with E-state index in [-0.39, 0.29) is 33.4 Å². The van der Waals surface area contributed by atoms with Crippen molar-refractivity contribution in [2.45, 2.75) is 17.4 Å². The molecule has 47 heavy (non-hydrogen) atoms. The first-order valence-electron chi connectivity index (χ1n) is 15.3. The summed E-state index contributed by atoms with van der Waals surface area (Å²) in [6, 6.07) is 39.4. The molecule has 5 aromatic rings. The minimum atomic E-state index is -2.05. The normalized spacial score (nSPS) is 24.7. The van der Waals surface area contributed by atoms with Gasteiger partial charge in [0.25, 0.3) is 0 Å². The monoisotopic (exact) mass is 658 g/mol. The van der Waals surface area contributed by atoms with Crippen molar-refractivity contribution in [1.82, 2.24) is 0 Å². The highest BCUT2D eigenvalue weighted by molar-refractivity contribution is 6.37. The number of ether oxygens (including phenoxy) is 1. The quantitative estimate of drug-likeness (QED) is 0.123. The molecule has 232 valence electrons. The molecule has 2 heterocycles. The Morgan fingerprint density at radius 1 is 0.553 bits per heavy atom. The Kier molecular flexibility index (Phi) is 7.91. The van der Waals surface area contributed by atoms with E-state index in [9.17, 15) is 4.79 Å². The molecule has 5 nitrogen and oxygen atoms in total. The van der Waals surface area contributed by atoms with Crippen LogP contribution in [0.5, 0.6) is 0 Å². The molecule has 0 aromatic heterocycles. The van der Waals surface area contributed by atoms with Crippen molar-refractivity contribution in [3.63, 3.8) is 0 Å². The maximum Gasteiger partial charge on any atom is 0.319 e. The van der Waals surface area contributed by atoms with Crippen molar-refractivity contribution in [2.24, 2.45) is 17.8 Å². The zero-order chi connectivity index (χ0) is 32.8. The average molecular weight is 660 g/mol. The summed E-state index contributed by atoms with van der Waals surface area (Å²) in [4.78, 5) is 60.2. The first-order chi connectivity index (χ1) is 22.8. The van der Waals surface area contributed by atoms with E-state index in [1.807, 2.05) is 6.07 Å². The standard InChI is InChI=1S/C40H28Cl2O5/c41-30-22-13-23-31(42)32(30)40-29(35(43)25-14-5-1-6-15-25)24-39(47-38(40)46,28-20-11-4-12-21-28)33(36(44)26-16-7-2-8-17-26)34(40)37(45)27-18-9-3-10-19-27/h1-23,29,33-34H,24H2/t29?,33-,34+,39+,40-/m1/s1. The van der Waals surface area contributed by atoms with Crippen LogP contribution in [0.1, 0.15) is 48.6 Å². The van der Waals surface area contributed by atoms with E-state index in [1.54, 1.807) is 133 Å². The lowest BCUT2D eigenvalue weighted by atomic mass is 9.43. The van der Waals surface area contributed by atoms with Gasteiger partial charge >= 0.3 is 5.97 Å². The van der Waals surface area contributed by atoms with Crippen LogP contribution in [0, 0.1) is 17.8 Å². The Morgan fingerprint density at radius 3 is 1.47 bits per heavy atom. The number of halogens is 2. The van der Waals surface area contributed by atoms with Gasteiger partial charge in [0.2, 0.25) is 0 Å². The third kappa shape index (κ3) is 4.76. The van der Waals surface area contributed by atoms with Crippen LogP contribution in [0.15, 0.2) is 140 Å². The molecular weight excluding hydrogens is 631 g/mol. The highest BCUT2D eigenvalue weighted by atomic mass is 35.5. The number of esters is 1. The molecule has 5 aromatic carbocycles. The number of rotatable bonds is 8. The van der Waals surface area contributed by atoms with E-state index in [0.29, 0.717) is 16.7 Å². The zero-order valence-electron chi connectivity index (χ0n) is 25.0. The molecule has 1 unspecified atom stereocenters. The first kappa shape index (κ1) is 30.8. The van der Waals surface area contributed by atoms with Crippen LogP contribution in [0.3, 0.4) is 0 Å². The molecule has 2 bridgehead atoms. The summed E-state index contributed by atoms with van der Waals surface area (Å²) in [6.45, 7) is 0. The average Bonchev–Trinajstić information content (AvgIpc) is 3.12. The molecule has 2 aliphatic heterocycles. The van der Waals surface area contributed by atoms with Crippen LogP contribution in [-0.2, 0) is 20.5 Å². The number of Topliss-reactive ketones (excluding diaryl/α,β-unsaturated/α-hetero) is 3. The Bertz CT molecular complexity index is 1980. The lowest BCUT2D eigenvalue weighted by Crippen LogP contribution is -2.73. The summed E-state index contributed by atoms with van der Waals surface area (Å²) >= 11 is 13.9. The summed E-state index contributed by atoms with van der Waals surface area (Å²) < 4.78 is 6.53. The van der Waals surface area contributed by atoms with E-state index in [2.05, 4.69) is 0 Å². The second-order valence-electron chi connectivity index (χ2n) is 12.0. The number of carbonyl (C=O) groups is 4. The number of ketones is 3. The SMILES string of the molecule is O=C(c1ccccc1)C1C[C@@]2(c3ccccc3)OC(=O)[C@]1(c1c(Cl)cccc1Cl)[C@H](C(=O)c1ccccc1)[C@@H]2C(=O)c1ccccc1. The third-order valence-corrected chi connectivity index (χ3v) is 10.3. The molecule has 3 aliphatic rings. The number of carbonyl (C=O) groups excluding carboxylic acids is 4. The van der Waals surface area contributed by atoms with Gasteiger partial charge in [-0.1, -0.05) is 151 Å². The van der Waals surface area contributed by atoms with Gasteiger partial charge in [-0.2, -0.15) is 0 Å². The van der Waals surface area contributed by atoms with Crippen molar-refractivity contribution in [3.05, 3.63) is 177 Å². The minimum absolute atomic E-state index is 0.0835. The number of fused-ring (bicyclic) bond motifs is 3. The molecule has 3 fully saturated rings. The molecule has 0 radical (unpaired) electrons. The minimum Gasteiger partial charge on any atom is -0.453 e. The van der Waals surface area contributed by atoms with Gasteiger partial charge in [0.1, 0.15) is 11.0 Å². The lowest BCUT2D eigenvalue weighted by Gasteiger charge is -2.62. The van der Waals surface area contributed by atoms with Crippen LogP contribution in [0.25, 0.3) is 0 Å². The predicted octanol–water partition coefficient (Wildman–Crippen LogP) is 8.58. The Morgan fingerprint density at radius 2 is 0.979 bits per heavy atom. The molecule has 5 atom stereocenters. The molecule has 1 aliphatic carbocycles. The Labute approximate surface area is 282 Å². The predicted molar refractivity (Wildman–Crippen MR) is 180 cm³/mol. The second-order valence-corrected chi connectivity index (χ2v) is 12.8. The molecule has 0 spiro atoms. The summed E-state index contributed by atoms with van der Waals surface area (Å²) in [5, 5.41) is 0.178. The number of hydrogen-bond acceptors (Lipinski definition) is 5. The summed E-state index contributed by atoms with van der Waals surface area (Å²) in [6.07, 6.45) is -0.0835. The molecule has 1 saturated carbocycles. The third-order valence-electron chi connectivity index (χ3n) is 9.69. The highest BCUT2D eigenvalue weighted by Crippen LogP contribution is 2.66. The van der Waals surface area contributed by atoms with Gasteiger partial charge < -0.3 is 4.74 Å². The Balaban J connectivity index is 1.62. The van der Waals surface area contributed by atoms with Crippen LogP contribution >= 0.6 is 23.2 Å². The molecule has 2 saturated heterocycles. The fourth-order valence-corrected chi connectivity index (χ4v) is 8.46. The zero-order valence-corrected chi connectivity index (χ0v) is 26.5. The van der Waals surface area contributed by atoms with E-state index >= 15 is 14.4 Å². The van der Waals surface area contributed by atoms with E-state index in [1.165, 1.54) is 0 Å². The topological polar surface area (TPSA) is 77.5 Å². The van der Waals surface area contributed by atoms with Crippen molar-refractivity contribution in [2.75, 3.05) is 0 Å². The Hall–Kier alpha value is -4.84. The number of benzene rings is 5. The van der Waals surface area contributed by atoms with E-state index in [4.69, 9.17) is 27.9 Å². The van der Waals surface area contributed by atoms with E-state index in [0.717, 1.165) is 0 Å². The van der Waals surface area contributed by atoms with Gasteiger partial charge in [0.15, 0.2) is 17.3 Å². The summed E-state index contributed by atoms with van der Waals surface area (Å²) in [5.41, 5.74) is -2.15. The molecular formula is C40H28Cl2O5. The van der Waals surface area contributed by atoms with Crippen LogP contribution in [0.4, 0.5) is 0 Å². The fourth-order valence-electron chi connectivity index (χ4n) is 7.75. The van der Waals surface area contributed by atoms with Crippen molar-refractivity contribution in [1.29, 1.82) is 0 Å². The molecule has 7 heteroatoms. The van der Waals surface area contributed by atoms with Crippen molar-refractivity contribution >= 4 is 46.5 Å². The van der Waals surface area contributed by atoms with Crippen molar-refractivity contribution in [3.8, 4) is 0 Å². The first-order valence-corrected chi connectivity index (χ1v) is 16.1. The van der Waals surface area contributed by atoms with Gasteiger partial charge in [-0.3, -0.25) is 19.2 Å². The van der Waals surface area contributed by atoms with Gasteiger partial charge in [0, 0.05) is 44.6 Å². The van der Waals surface area contributed by atoms with Gasteiger partial charge in [0.05, 0.1) is 11.8 Å². The summed E-state index contributed by atoms with van der Waals surface area (Å²) in [7, 11) is 0. The number of hydrogen-bond donors (Lipinski definition) is 0. The second kappa shape index (κ2) is 12.1. The maximum absolute atomic E-state index is 15.2. The van der Waals surface area contributed by atoms with Gasteiger partial charge in [-0.05, 0) is 17.7 Å². The van der Waals surface area contributed by atoms with Crippen molar-refractivity contribution < 1.29 is 23.9 Å². The van der Waals surface area contributed by atoms with Gasteiger partial charge in [-0.15, -0.1) is 0 Å².